The highest BCUT2D eigenvalue weighted by Crippen LogP contribution is 2.15. The molecule has 2 aliphatic rings. The van der Waals surface area contributed by atoms with Crippen LogP contribution in [0.5, 0.6) is 0 Å². The lowest BCUT2D eigenvalue weighted by Gasteiger charge is -2.39. The lowest BCUT2D eigenvalue weighted by atomic mass is 10.0. The Morgan fingerprint density at radius 2 is 2.21 bits per heavy atom. The smallest absolute Gasteiger partial charge is 0.239 e. The van der Waals surface area contributed by atoms with Crippen LogP contribution >= 0.6 is 0 Å². The number of amides is 1. The predicted molar refractivity (Wildman–Crippen MR) is 75.1 cm³/mol. The van der Waals surface area contributed by atoms with Gasteiger partial charge in [-0.2, -0.15) is 0 Å². The highest BCUT2D eigenvalue weighted by atomic mass is 16.5. The van der Waals surface area contributed by atoms with Crippen molar-refractivity contribution in [3.63, 3.8) is 0 Å². The van der Waals surface area contributed by atoms with Crippen molar-refractivity contribution in [2.24, 2.45) is 0 Å². The Kier molecular flexibility index (Phi) is 5.60. The number of piperidine rings is 1. The molecule has 2 unspecified atom stereocenters. The minimum Gasteiger partial charge on any atom is -0.378 e. The second-order valence-corrected chi connectivity index (χ2v) is 5.44. The Morgan fingerprint density at radius 3 is 2.79 bits per heavy atom. The monoisotopic (exact) mass is 269 g/mol. The van der Waals surface area contributed by atoms with Crippen LogP contribution in [-0.4, -0.2) is 73.7 Å². The summed E-state index contributed by atoms with van der Waals surface area (Å²) in [5.74, 6) is 0.260. The molecule has 0 aromatic heterocycles. The van der Waals surface area contributed by atoms with Crippen LogP contribution in [0.4, 0.5) is 0 Å². The molecule has 19 heavy (non-hydrogen) atoms. The lowest BCUT2D eigenvalue weighted by Crippen LogP contribution is -2.56. The third-order valence-corrected chi connectivity index (χ3v) is 4.28. The molecular weight excluding hydrogens is 242 g/mol. The average Bonchev–Trinajstić information content (AvgIpc) is 2.49. The summed E-state index contributed by atoms with van der Waals surface area (Å²) in [7, 11) is 0. The molecule has 0 aromatic rings. The Labute approximate surface area is 116 Å². The van der Waals surface area contributed by atoms with E-state index in [1.54, 1.807) is 0 Å². The molecule has 2 heterocycles. The van der Waals surface area contributed by atoms with E-state index < -0.39 is 0 Å². The van der Waals surface area contributed by atoms with Crippen LogP contribution in [0.1, 0.15) is 26.7 Å². The molecule has 2 atom stereocenters. The van der Waals surface area contributed by atoms with Gasteiger partial charge in [-0.3, -0.25) is 9.69 Å². The van der Waals surface area contributed by atoms with Gasteiger partial charge in [0, 0.05) is 25.7 Å². The Balaban J connectivity index is 1.94. The van der Waals surface area contributed by atoms with E-state index in [2.05, 4.69) is 24.1 Å². The van der Waals surface area contributed by atoms with Gasteiger partial charge in [0.05, 0.1) is 19.3 Å². The van der Waals surface area contributed by atoms with Crippen molar-refractivity contribution in [1.82, 2.24) is 15.1 Å². The standard InChI is InChI=1S/C14H27N3O2/c1-3-17(13-5-4-6-15-11-13)12(2)14(18)16-7-9-19-10-8-16/h12-13,15H,3-11H2,1-2H3. The van der Waals surface area contributed by atoms with Crippen molar-refractivity contribution >= 4 is 5.91 Å². The molecule has 2 fully saturated rings. The van der Waals surface area contributed by atoms with Crippen LogP contribution in [0.3, 0.4) is 0 Å². The van der Waals surface area contributed by atoms with Gasteiger partial charge in [-0.05, 0) is 32.9 Å². The summed E-state index contributed by atoms with van der Waals surface area (Å²) in [6, 6.07) is 0.478. The van der Waals surface area contributed by atoms with E-state index in [1.807, 2.05) is 4.90 Å². The van der Waals surface area contributed by atoms with Crippen molar-refractivity contribution in [2.75, 3.05) is 45.9 Å². The largest absolute Gasteiger partial charge is 0.378 e. The van der Waals surface area contributed by atoms with Gasteiger partial charge in [-0.25, -0.2) is 0 Å². The van der Waals surface area contributed by atoms with Gasteiger partial charge in [-0.1, -0.05) is 6.92 Å². The number of nitrogens with one attached hydrogen (secondary N) is 1. The normalized spacial score (nSPS) is 26.5. The van der Waals surface area contributed by atoms with Gasteiger partial charge in [0.1, 0.15) is 0 Å². The first-order valence-corrected chi connectivity index (χ1v) is 7.57. The van der Waals surface area contributed by atoms with Crippen LogP contribution in [0.15, 0.2) is 0 Å². The molecule has 0 aromatic carbocycles. The van der Waals surface area contributed by atoms with Crippen molar-refractivity contribution in [3.8, 4) is 0 Å². The number of morpholine rings is 1. The fourth-order valence-corrected chi connectivity index (χ4v) is 3.15. The van der Waals surface area contributed by atoms with Crippen molar-refractivity contribution in [1.29, 1.82) is 0 Å². The number of ether oxygens (including phenoxy) is 1. The van der Waals surface area contributed by atoms with E-state index in [1.165, 1.54) is 12.8 Å². The van der Waals surface area contributed by atoms with Crippen molar-refractivity contribution < 1.29 is 9.53 Å². The van der Waals surface area contributed by atoms with Gasteiger partial charge in [0.25, 0.3) is 0 Å². The molecule has 110 valence electrons. The fourth-order valence-electron chi connectivity index (χ4n) is 3.15. The van der Waals surface area contributed by atoms with Crippen LogP contribution < -0.4 is 5.32 Å². The molecule has 2 aliphatic heterocycles. The first-order chi connectivity index (χ1) is 9.24. The lowest BCUT2D eigenvalue weighted by molar-refractivity contribution is -0.141. The average molecular weight is 269 g/mol. The van der Waals surface area contributed by atoms with E-state index in [-0.39, 0.29) is 11.9 Å². The number of carbonyl (C=O) groups excluding carboxylic acids is 1. The summed E-state index contributed by atoms with van der Waals surface area (Å²) in [5, 5.41) is 3.44. The molecule has 0 spiro atoms. The zero-order valence-corrected chi connectivity index (χ0v) is 12.2. The highest BCUT2D eigenvalue weighted by Gasteiger charge is 2.31. The predicted octanol–water partition coefficient (Wildman–Crippen LogP) is 0.308. The summed E-state index contributed by atoms with van der Waals surface area (Å²) in [5.41, 5.74) is 0. The molecular formula is C14H27N3O2. The number of nitrogens with zero attached hydrogens (tertiary/aromatic N) is 2. The number of carbonyl (C=O) groups is 1. The number of hydrogen-bond donors (Lipinski definition) is 1. The van der Waals surface area contributed by atoms with Crippen molar-refractivity contribution in [2.45, 2.75) is 38.8 Å². The van der Waals surface area contributed by atoms with E-state index in [0.717, 1.165) is 32.7 Å². The molecule has 0 aliphatic carbocycles. The summed E-state index contributed by atoms with van der Waals surface area (Å²) >= 11 is 0. The number of hydrogen-bond acceptors (Lipinski definition) is 4. The number of rotatable bonds is 4. The maximum Gasteiger partial charge on any atom is 0.239 e. The Bertz CT molecular complexity index is 286. The van der Waals surface area contributed by atoms with Gasteiger partial charge in [0.2, 0.25) is 5.91 Å². The maximum atomic E-state index is 12.5. The molecule has 1 N–H and O–H groups in total. The highest BCUT2D eigenvalue weighted by molar-refractivity contribution is 5.81. The fraction of sp³-hybridized carbons (Fsp3) is 0.929. The van der Waals surface area contributed by atoms with Gasteiger partial charge in [-0.15, -0.1) is 0 Å². The van der Waals surface area contributed by atoms with E-state index >= 15 is 0 Å². The number of likely N-dealkylation sites (N-methyl/N-ethyl adjacent to an activating group) is 1. The van der Waals surface area contributed by atoms with E-state index in [9.17, 15) is 4.79 Å². The summed E-state index contributed by atoms with van der Waals surface area (Å²) < 4.78 is 5.32. The third kappa shape index (κ3) is 3.68. The SMILES string of the molecule is CCN(C1CCCNC1)C(C)C(=O)N1CCOCC1. The molecule has 2 saturated heterocycles. The van der Waals surface area contributed by atoms with Crippen molar-refractivity contribution in [3.05, 3.63) is 0 Å². The molecule has 5 heteroatoms. The Morgan fingerprint density at radius 1 is 1.47 bits per heavy atom. The van der Waals surface area contributed by atoms with Crippen LogP contribution in [0.2, 0.25) is 0 Å². The third-order valence-electron chi connectivity index (χ3n) is 4.28. The van der Waals surface area contributed by atoms with Gasteiger partial charge < -0.3 is 15.0 Å². The summed E-state index contributed by atoms with van der Waals surface area (Å²) in [4.78, 5) is 16.9. The first kappa shape index (κ1) is 14.8. The van der Waals surface area contributed by atoms with Crippen LogP contribution in [-0.2, 0) is 9.53 Å². The van der Waals surface area contributed by atoms with E-state index in [0.29, 0.717) is 19.3 Å². The minimum absolute atomic E-state index is 0.0204. The van der Waals surface area contributed by atoms with Crippen LogP contribution in [0.25, 0.3) is 0 Å². The molecule has 2 rings (SSSR count). The Hall–Kier alpha value is -0.650. The minimum atomic E-state index is -0.0204. The first-order valence-electron chi connectivity index (χ1n) is 7.57. The zero-order valence-electron chi connectivity index (χ0n) is 12.2. The molecule has 1 amide bonds. The maximum absolute atomic E-state index is 12.5. The summed E-state index contributed by atoms with van der Waals surface area (Å²) in [6.45, 7) is 10.1. The molecule has 0 saturated carbocycles. The molecule has 0 radical (unpaired) electrons. The quantitative estimate of drug-likeness (QED) is 0.798. The molecule has 0 bridgehead atoms. The van der Waals surface area contributed by atoms with Gasteiger partial charge >= 0.3 is 0 Å². The molecule has 5 nitrogen and oxygen atoms in total. The van der Waals surface area contributed by atoms with Gasteiger partial charge in [0.15, 0.2) is 0 Å². The summed E-state index contributed by atoms with van der Waals surface area (Å²) in [6.07, 6.45) is 2.40. The van der Waals surface area contributed by atoms with Crippen LogP contribution in [0, 0.1) is 0 Å². The zero-order chi connectivity index (χ0) is 13.7. The topological polar surface area (TPSA) is 44.8 Å². The second kappa shape index (κ2) is 7.22. The van der Waals surface area contributed by atoms with E-state index in [4.69, 9.17) is 4.74 Å². The second-order valence-electron chi connectivity index (χ2n) is 5.44.